The van der Waals surface area contributed by atoms with Crippen LogP contribution in [0.4, 0.5) is 5.69 Å². The molecule has 1 aliphatic heterocycles. The van der Waals surface area contributed by atoms with Gasteiger partial charge in [-0.3, -0.25) is 19.7 Å². The lowest BCUT2D eigenvalue weighted by Gasteiger charge is -2.24. The molecule has 23 heavy (non-hydrogen) atoms. The van der Waals surface area contributed by atoms with E-state index in [1.807, 2.05) is 0 Å². The van der Waals surface area contributed by atoms with Crippen LogP contribution in [-0.2, 0) is 4.79 Å². The van der Waals surface area contributed by atoms with Crippen LogP contribution in [0.5, 0.6) is 0 Å². The number of nitrogens with zero attached hydrogens (tertiary/aromatic N) is 2. The molecule has 1 unspecified atom stereocenters. The lowest BCUT2D eigenvalue weighted by atomic mass is 10.1. The first-order chi connectivity index (χ1) is 11.0. The molecule has 1 atom stereocenters. The molecular formula is C16H21N3O4. The summed E-state index contributed by atoms with van der Waals surface area (Å²) >= 11 is 0. The van der Waals surface area contributed by atoms with E-state index in [1.54, 1.807) is 11.8 Å². The molecule has 1 fully saturated rings. The summed E-state index contributed by atoms with van der Waals surface area (Å²) < 4.78 is 0. The molecule has 7 heteroatoms. The second kappa shape index (κ2) is 7.71. The molecular weight excluding hydrogens is 298 g/mol. The number of carbonyl (C=O) groups excluding carboxylic acids is 2. The fourth-order valence-electron chi connectivity index (χ4n) is 2.67. The molecule has 7 nitrogen and oxygen atoms in total. The number of rotatable bonds is 4. The Kier molecular flexibility index (Phi) is 5.67. The van der Waals surface area contributed by atoms with E-state index in [0.29, 0.717) is 0 Å². The van der Waals surface area contributed by atoms with Crippen LogP contribution in [0.3, 0.4) is 0 Å². The van der Waals surface area contributed by atoms with Gasteiger partial charge in [0.2, 0.25) is 5.91 Å². The Hall–Kier alpha value is -2.44. The van der Waals surface area contributed by atoms with Crippen molar-refractivity contribution >= 4 is 17.5 Å². The van der Waals surface area contributed by atoms with E-state index in [4.69, 9.17) is 0 Å². The van der Waals surface area contributed by atoms with Gasteiger partial charge in [-0.2, -0.15) is 0 Å². The summed E-state index contributed by atoms with van der Waals surface area (Å²) in [5.74, 6) is -0.588. The van der Waals surface area contributed by atoms with Crippen molar-refractivity contribution in [2.24, 2.45) is 0 Å². The first kappa shape index (κ1) is 16.9. The smallest absolute Gasteiger partial charge is 0.270 e. The van der Waals surface area contributed by atoms with Crippen LogP contribution in [0, 0.1) is 10.1 Å². The highest BCUT2D eigenvalue weighted by Crippen LogP contribution is 2.14. The molecule has 1 N–H and O–H groups in total. The Balaban J connectivity index is 1.99. The lowest BCUT2D eigenvalue weighted by Crippen LogP contribution is -2.47. The van der Waals surface area contributed by atoms with Crippen molar-refractivity contribution in [1.29, 1.82) is 0 Å². The van der Waals surface area contributed by atoms with Gasteiger partial charge in [-0.1, -0.05) is 18.9 Å². The maximum atomic E-state index is 12.4. The number of nitro groups is 1. The van der Waals surface area contributed by atoms with Crippen molar-refractivity contribution in [1.82, 2.24) is 10.2 Å². The Labute approximate surface area is 134 Å². The average molecular weight is 319 g/mol. The second-order valence-electron chi connectivity index (χ2n) is 5.74. The van der Waals surface area contributed by atoms with E-state index in [2.05, 4.69) is 5.32 Å². The van der Waals surface area contributed by atoms with Crippen LogP contribution < -0.4 is 5.32 Å². The predicted octanol–water partition coefficient (Wildman–Crippen LogP) is 2.12. The maximum absolute atomic E-state index is 12.4. The molecule has 0 bridgehead atoms. The van der Waals surface area contributed by atoms with Crippen LogP contribution in [0.2, 0.25) is 0 Å². The van der Waals surface area contributed by atoms with Crippen molar-refractivity contribution in [3.63, 3.8) is 0 Å². The summed E-state index contributed by atoms with van der Waals surface area (Å²) in [7, 11) is 0. The van der Waals surface area contributed by atoms with Gasteiger partial charge in [-0.25, -0.2) is 0 Å². The minimum absolute atomic E-state index is 0.106. The van der Waals surface area contributed by atoms with Gasteiger partial charge in [0, 0.05) is 30.8 Å². The summed E-state index contributed by atoms with van der Waals surface area (Å²) in [5.41, 5.74) is 0.0267. The van der Waals surface area contributed by atoms with Gasteiger partial charge in [0.25, 0.3) is 11.6 Å². The minimum atomic E-state index is -0.653. The van der Waals surface area contributed by atoms with Crippen molar-refractivity contribution in [2.45, 2.75) is 38.6 Å². The molecule has 1 heterocycles. The van der Waals surface area contributed by atoms with Crippen molar-refractivity contribution in [3.05, 3.63) is 39.9 Å². The number of benzene rings is 1. The quantitative estimate of drug-likeness (QED) is 0.679. The minimum Gasteiger partial charge on any atom is -0.341 e. The Morgan fingerprint density at radius 3 is 2.48 bits per heavy atom. The van der Waals surface area contributed by atoms with E-state index in [1.165, 1.54) is 24.3 Å². The van der Waals surface area contributed by atoms with Crippen LogP contribution in [-0.4, -0.2) is 40.8 Å². The third kappa shape index (κ3) is 4.51. The Morgan fingerprint density at radius 2 is 1.87 bits per heavy atom. The number of amides is 2. The highest BCUT2D eigenvalue weighted by Gasteiger charge is 2.23. The van der Waals surface area contributed by atoms with Gasteiger partial charge >= 0.3 is 0 Å². The topological polar surface area (TPSA) is 92.5 Å². The van der Waals surface area contributed by atoms with Crippen LogP contribution >= 0.6 is 0 Å². The monoisotopic (exact) mass is 319 g/mol. The first-order valence-corrected chi connectivity index (χ1v) is 7.83. The molecule has 0 saturated carbocycles. The van der Waals surface area contributed by atoms with Crippen LogP contribution in [0.25, 0.3) is 0 Å². The summed E-state index contributed by atoms with van der Waals surface area (Å²) in [6.45, 7) is 3.08. The molecule has 124 valence electrons. The third-order valence-electron chi connectivity index (χ3n) is 3.95. The summed E-state index contributed by atoms with van der Waals surface area (Å²) in [4.78, 5) is 36.6. The molecule has 1 aromatic rings. The molecule has 0 spiro atoms. The molecule has 1 aliphatic rings. The largest absolute Gasteiger partial charge is 0.341 e. The van der Waals surface area contributed by atoms with Gasteiger partial charge in [-0.05, 0) is 25.8 Å². The molecule has 2 rings (SSSR count). The van der Waals surface area contributed by atoms with E-state index < -0.39 is 16.9 Å². The van der Waals surface area contributed by atoms with Crippen molar-refractivity contribution in [2.75, 3.05) is 13.1 Å². The first-order valence-electron chi connectivity index (χ1n) is 7.83. The molecule has 0 aliphatic carbocycles. The van der Waals surface area contributed by atoms with E-state index >= 15 is 0 Å². The van der Waals surface area contributed by atoms with Gasteiger partial charge in [0.1, 0.15) is 6.04 Å². The lowest BCUT2D eigenvalue weighted by molar-refractivity contribution is -0.384. The normalized spacial score (nSPS) is 16.3. The average Bonchev–Trinajstić information content (AvgIpc) is 2.83. The van der Waals surface area contributed by atoms with Gasteiger partial charge < -0.3 is 10.2 Å². The van der Waals surface area contributed by atoms with Crippen LogP contribution in [0.15, 0.2) is 24.3 Å². The van der Waals surface area contributed by atoms with E-state index in [9.17, 15) is 19.7 Å². The number of non-ortho nitro benzene ring substituents is 1. The standard InChI is InChI=1S/C16H21N3O4/c1-12(16(21)18-9-4-2-3-5-10-18)17-15(20)13-7-6-8-14(11-13)19(22)23/h6-8,11-12H,2-5,9-10H2,1H3,(H,17,20). The zero-order valence-corrected chi connectivity index (χ0v) is 13.2. The molecule has 1 aromatic carbocycles. The molecule has 2 amide bonds. The van der Waals surface area contributed by atoms with Crippen molar-refractivity contribution < 1.29 is 14.5 Å². The summed E-state index contributed by atoms with van der Waals surface area (Å²) in [5, 5.41) is 13.4. The summed E-state index contributed by atoms with van der Waals surface area (Å²) in [6.07, 6.45) is 4.21. The maximum Gasteiger partial charge on any atom is 0.270 e. The number of hydrogen-bond acceptors (Lipinski definition) is 4. The zero-order chi connectivity index (χ0) is 16.8. The van der Waals surface area contributed by atoms with Crippen molar-refractivity contribution in [3.8, 4) is 0 Å². The number of carbonyl (C=O) groups is 2. The molecule has 1 saturated heterocycles. The zero-order valence-electron chi connectivity index (χ0n) is 13.2. The van der Waals surface area contributed by atoms with E-state index in [0.717, 1.165) is 38.8 Å². The van der Waals surface area contributed by atoms with Crippen LogP contribution in [0.1, 0.15) is 43.0 Å². The fraction of sp³-hybridized carbons (Fsp3) is 0.500. The number of nitrogens with one attached hydrogen (secondary N) is 1. The highest BCUT2D eigenvalue weighted by molar-refractivity contribution is 5.97. The Bertz CT molecular complexity index is 595. The van der Waals surface area contributed by atoms with Gasteiger partial charge in [0.05, 0.1) is 4.92 Å². The number of likely N-dealkylation sites (tertiary alicyclic amines) is 1. The Morgan fingerprint density at radius 1 is 1.22 bits per heavy atom. The second-order valence-corrected chi connectivity index (χ2v) is 5.74. The molecule has 0 aromatic heterocycles. The van der Waals surface area contributed by atoms with Gasteiger partial charge in [0.15, 0.2) is 0 Å². The van der Waals surface area contributed by atoms with Gasteiger partial charge in [-0.15, -0.1) is 0 Å². The fourth-order valence-corrected chi connectivity index (χ4v) is 2.67. The number of hydrogen-bond donors (Lipinski definition) is 1. The van der Waals surface area contributed by atoms with E-state index in [-0.39, 0.29) is 17.2 Å². The highest BCUT2D eigenvalue weighted by atomic mass is 16.6. The SMILES string of the molecule is CC(NC(=O)c1cccc([N+](=O)[O-])c1)C(=O)N1CCCCCC1. The third-order valence-corrected chi connectivity index (χ3v) is 3.95. The number of nitro benzene ring substituents is 1. The predicted molar refractivity (Wildman–Crippen MR) is 85.1 cm³/mol. The summed E-state index contributed by atoms with van der Waals surface area (Å²) in [6, 6.07) is 4.82. The molecule has 0 radical (unpaired) electrons.